The van der Waals surface area contributed by atoms with Gasteiger partial charge in [-0.15, -0.1) is 24.0 Å². The lowest BCUT2D eigenvalue weighted by Crippen LogP contribution is -2.48. The minimum absolute atomic E-state index is 0. The molecule has 0 aliphatic heterocycles. The van der Waals surface area contributed by atoms with E-state index >= 15 is 0 Å². The molecule has 1 amide bonds. The molecule has 0 aliphatic rings. The van der Waals surface area contributed by atoms with Crippen LogP contribution < -0.4 is 16.0 Å². The molecule has 0 saturated carbocycles. The summed E-state index contributed by atoms with van der Waals surface area (Å²) in [5.41, 5.74) is -0.489. The summed E-state index contributed by atoms with van der Waals surface area (Å²) in [7, 11) is 3.37. The van der Waals surface area contributed by atoms with E-state index in [1.54, 1.807) is 14.2 Å². The van der Waals surface area contributed by atoms with Crippen molar-refractivity contribution in [2.24, 2.45) is 10.4 Å². The van der Waals surface area contributed by atoms with E-state index in [-0.39, 0.29) is 29.9 Å². The summed E-state index contributed by atoms with van der Waals surface area (Å²) in [4.78, 5) is 16.1. The molecule has 0 fully saturated rings. The third-order valence-corrected chi connectivity index (χ3v) is 3.06. The number of ether oxygens (including phenoxy) is 2. The van der Waals surface area contributed by atoms with Crippen LogP contribution in [0.5, 0.6) is 0 Å². The zero-order valence-corrected chi connectivity index (χ0v) is 17.4. The fourth-order valence-electron chi connectivity index (χ4n) is 1.63. The van der Waals surface area contributed by atoms with Crippen LogP contribution >= 0.6 is 24.0 Å². The molecule has 0 aromatic carbocycles. The Hall–Kier alpha value is -0.610. The molecular weight excluding hydrogens is 411 g/mol. The molecule has 0 aliphatic carbocycles. The van der Waals surface area contributed by atoms with Crippen molar-refractivity contribution in [3.8, 4) is 0 Å². The number of amides is 1. The highest BCUT2D eigenvalue weighted by Crippen LogP contribution is 2.13. The zero-order valence-electron chi connectivity index (χ0n) is 15.0. The van der Waals surface area contributed by atoms with E-state index in [0.717, 1.165) is 13.0 Å². The third-order valence-electron chi connectivity index (χ3n) is 3.06. The third kappa shape index (κ3) is 12.5. The fraction of sp³-hybridized carbons (Fsp3) is 0.867. The topological polar surface area (TPSA) is 84.0 Å². The molecule has 0 heterocycles. The number of carbonyl (C=O) groups is 1. The minimum Gasteiger partial charge on any atom is -0.382 e. The number of guanidine groups is 1. The number of hydrogen-bond acceptors (Lipinski definition) is 4. The van der Waals surface area contributed by atoms with E-state index < -0.39 is 5.41 Å². The van der Waals surface area contributed by atoms with Gasteiger partial charge in [-0.3, -0.25) is 9.79 Å². The predicted octanol–water partition coefficient (Wildman–Crippen LogP) is 0.985. The van der Waals surface area contributed by atoms with Crippen molar-refractivity contribution in [2.75, 3.05) is 53.6 Å². The number of halogens is 1. The van der Waals surface area contributed by atoms with Gasteiger partial charge < -0.3 is 25.4 Å². The van der Waals surface area contributed by atoms with Gasteiger partial charge in [0.1, 0.15) is 0 Å². The Balaban J connectivity index is 0. The van der Waals surface area contributed by atoms with E-state index in [0.29, 0.717) is 38.9 Å². The van der Waals surface area contributed by atoms with Crippen molar-refractivity contribution in [1.29, 1.82) is 0 Å². The van der Waals surface area contributed by atoms with Crippen LogP contribution in [0, 0.1) is 5.41 Å². The largest absolute Gasteiger partial charge is 0.382 e. The summed E-state index contributed by atoms with van der Waals surface area (Å²) >= 11 is 0. The Morgan fingerprint density at radius 2 is 1.83 bits per heavy atom. The highest BCUT2D eigenvalue weighted by molar-refractivity contribution is 14.0. The van der Waals surface area contributed by atoms with Gasteiger partial charge in [0, 0.05) is 40.4 Å². The second kappa shape index (κ2) is 14.9. The van der Waals surface area contributed by atoms with Gasteiger partial charge in [-0.25, -0.2) is 0 Å². The molecule has 0 saturated heterocycles. The quantitative estimate of drug-likeness (QED) is 0.192. The first-order valence-electron chi connectivity index (χ1n) is 7.77. The van der Waals surface area contributed by atoms with Gasteiger partial charge in [0.05, 0.1) is 18.6 Å². The molecule has 0 aromatic rings. The van der Waals surface area contributed by atoms with Crippen LogP contribution in [0.3, 0.4) is 0 Å². The van der Waals surface area contributed by atoms with Crippen LogP contribution in [0.25, 0.3) is 0 Å². The fourth-order valence-corrected chi connectivity index (χ4v) is 1.63. The standard InChI is InChI=1S/C15H32N4O3.HI/c1-6-17-13(20)15(2,3)12-19-14(16-4)18-8-7-9-22-11-10-21-5;/h6-12H2,1-5H3,(H,17,20)(H2,16,18,19);1H. The summed E-state index contributed by atoms with van der Waals surface area (Å²) in [6, 6.07) is 0. The maximum Gasteiger partial charge on any atom is 0.227 e. The van der Waals surface area contributed by atoms with Gasteiger partial charge >= 0.3 is 0 Å². The number of rotatable bonds is 11. The summed E-state index contributed by atoms with van der Waals surface area (Å²) in [6.07, 6.45) is 0.879. The van der Waals surface area contributed by atoms with E-state index in [2.05, 4.69) is 20.9 Å². The molecule has 0 spiro atoms. The van der Waals surface area contributed by atoms with Gasteiger partial charge in [-0.05, 0) is 27.2 Å². The summed E-state index contributed by atoms with van der Waals surface area (Å²) < 4.78 is 10.3. The number of carbonyl (C=O) groups excluding carboxylic acids is 1. The molecule has 3 N–H and O–H groups in total. The van der Waals surface area contributed by atoms with Crippen LogP contribution in [0.4, 0.5) is 0 Å². The van der Waals surface area contributed by atoms with Gasteiger partial charge in [0.25, 0.3) is 0 Å². The van der Waals surface area contributed by atoms with Crippen LogP contribution in [-0.4, -0.2) is 65.5 Å². The predicted molar refractivity (Wildman–Crippen MR) is 105 cm³/mol. The average molecular weight is 444 g/mol. The van der Waals surface area contributed by atoms with Crippen LogP contribution in [0.2, 0.25) is 0 Å². The minimum atomic E-state index is -0.489. The summed E-state index contributed by atoms with van der Waals surface area (Å²) in [5.74, 6) is 0.721. The van der Waals surface area contributed by atoms with Crippen LogP contribution in [0.1, 0.15) is 27.2 Å². The highest BCUT2D eigenvalue weighted by Gasteiger charge is 2.27. The molecule has 138 valence electrons. The number of nitrogens with one attached hydrogen (secondary N) is 3. The number of nitrogens with zero attached hydrogens (tertiary/aromatic N) is 1. The SMILES string of the molecule is CCNC(=O)C(C)(C)CNC(=NC)NCCCOCCOC.I. The summed E-state index contributed by atoms with van der Waals surface area (Å²) in [5, 5.41) is 9.22. The van der Waals surface area contributed by atoms with E-state index in [4.69, 9.17) is 9.47 Å². The first kappa shape index (κ1) is 24.6. The first-order chi connectivity index (χ1) is 10.5. The van der Waals surface area contributed by atoms with Crippen molar-refractivity contribution in [1.82, 2.24) is 16.0 Å². The molecule has 7 nitrogen and oxygen atoms in total. The molecule has 8 heteroatoms. The number of methoxy groups -OCH3 is 1. The molecule has 0 unspecified atom stereocenters. The van der Waals surface area contributed by atoms with Gasteiger partial charge in [-0.2, -0.15) is 0 Å². The molecule has 0 rings (SSSR count). The molecular formula is C15H33IN4O3. The molecule has 0 radical (unpaired) electrons. The second-order valence-corrected chi connectivity index (χ2v) is 5.55. The van der Waals surface area contributed by atoms with E-state index in [1.807, 2.05) is 20.8 Å². The average Bonchev–Trinajstić information content (AvgIpc) is 2.49. The Kier molecular flexibility index (Phi) is 16.0. The molecule has 0 aromatic heterocycles. The number of hydrogen-bond donors (Lipinski definition) is 3. The van der Waals surface area contributed by atoms with Crippen molar-refractivity contribution in [2.45, 2.75) is 27.2 Å². The van der Waals surface area contributed by atoms with Gasteiger partial charge in [0.15, 0.2) is 5.96 Å². The zero-order chi connectivity index (χ0) is 16.8. The highest BCUT2D eigenvalue weighted by atomic mass is 127. The lowest BCUT2D eigenvalue weighted by molar-refractivity contribution is -0.128. The lowest BCUT2D eigenvalue weighted by Gasteiger charge is -2.24. The smallest absolute Gasteiger partial charge is 0.227 e. The second-order valence-electron chi connectivity index (χ2n) is 5.55. The first-order valence-corrected chi connectivity index (χ1v) is 7.77. The van der Waals surface area contributed by atoms with Crippen molar-refractivity contribution in [3.05, 3.63) is 0 Å². The Bertz CT molecular complexity index is 339. The molecule has 0 bridgehead atoms. The van der Waals surface area contributed by atoms with Gasteiger partial charge in [-0.1, -0.05) is 0 Å². The van der Waals surface area contributed by atoms with Crippen molar-refractivity contribution < 1.29 is 14.3 Å². The molecule has 0 atom stereocenters. The number of aliphatic imine (C=N–C) groups is 1. The monoisotopic (exact) mass is 444 g/mol. The van der Waals surface area contributed by atoms with Crippen molar-refractivity contribution in [3.63, 3.8) is 0 Å². The normalized spacial score (nSPS) is 11.6. The summed E-state index contributed by atoms with van der Waals surface area (Å²) in [6.45, 7) is 9.54. The maximum atomic E-state index is 11.9. The van der Waals surface area contributed by atoms with E-state index in [9.17, 15) is 4.79 Å². The Morgan fingerprint density at radius 1 is 1.13 bits per heavy atom. The lowest BCUT2D eigenvalue weighted by atomic mass is 9.92. The van der Waals surface area contributed by atoms with Crippen LogP contribution in [-0.2, 0) is 14.3 Å². The Labute approximate surface area is 157 Å². The van der Waals surface area contributed by atoms with Gasteiger partial charge in [0.2, 0.25) is 5.91 Å². The Morgan fingerprint density at radius 3 is 2.39 bits per heavy atom. The maximum absolute atomic E-state index is 11.9. The van der Waals surface area contributed by atoms with Crippen LogP contribution in [0.15, 0.2) is 4.99 Å². The molecule has 23 heavy (non-hydrogen) atoms. The van der Waals surface area contributed by atoms with Crippen molar-refractivity contribution >= 4 is 35.8 Å². The van der Waals surface area contributed by atoms with E-state index in [1.165, 1.54) is 0 Å².